The third-order valence-electron chi connectivity index (χ3n) is 5.29. The van der Waals surface area contributed by atoms with Gasteiger partial charge in [-0.25, -0.2) is 4.98 Å². The summed E-state index contributed by atoms with van der Waals surface area (Å²) in [7, 11) is 0. The number of rotatable bonds is 3. The first kappa shape index (κ1) is 15.9. The number of aliphatic hydroxyl groups excluding tert-OH is 1. The van der Waals surface area contributed by atoms with Crippen LogP contribution in [-0.4, -0.2) is 26.7 Å². The molecule has 0 spiro atoms. The second-order valence-corrected chi connectivity index (χ2v) is 7.08. The standard InChI is InChI=1S/C19H22N4O2/c1-9-3-6-14(24)10(2)16(9)23-17(20)15(18(21)25)13-7-12(11-4-5-11)8-22-19(13)23/h3,6-8,10-11,14,24H,4-5,20H2,1-2H3,(H2,21,25)/t10-,14-/m1/s1. The van der Waals surface area contributed by atoms with Gasteiger partial charge in [-0.2, -0.15) is 0 Å². The molecular weight excluding hydrogens is 316 g/mol. The zero-order valence-electron chi connectivity index (χ0n) is 14.4. The van der Waals surface area contributed by atoms with E-state index in [1.807, 2.05) is 32.2 Å². The monoisotopic (exact) mass is 338 g/mol. The van der Waals surface area contributed by atoms with Crippen LogP contribution in [0.3, 0.4) is 0 Å². The molecule has 0 radical (unpaired) electrons. The van der Waals surface area contributed by atoms with Crippen LogP contribution in [0.5, 0.6) is 0 Å². The van der Waals surface area contributed by atoms with E-state index in [4.69, 9.17) is 11.5 Å². The molecule has 1 amide bonds. The highest BCUT2D eigenvalue weighted by atomic mass is 16.3. The number of nitrogens with zero attached hydrogens (tertiary/aromatic N) is 2. The van der Waals surface area contributed by atoms with Gasteiger partial charge in [-0.3, -0.25) is 9.36 Å². The molecule has 25 heavy (non-hydrogen) atoms. The first-order valence-corrected chi connectivity index (χ1v) is 8.57. The van der Waals surface area contributed by atoms with E-state index in [-0.39, 0.29) is 11.7 Å². The highest BCUT2D eigenvalue weighted by Gasteiger charge is 2.31. The Labute approximate surface area is 145 Å². The zero-order chi connectivity index (χ0) is 17.9. The van der Waals surface area contributed by atoms with Crippen molar-refractivity contribution >= 4 is 28.5 Å². The Hall–Kier alpha value is -2.60. The Morgan fingerprint density at radius 3 is 2.76 bits per heavy atom. The molecule has 0 aromatic carbocycles. The van der Waals surface area contributed by atoms with Crippen LogP contribution >= 0.6 is 0 Å². The first-order valence-electron chi connectivity index (χ1n) is 8.57. The lowest BCUT2D eigenvalue weighted by Gasteiger charge is -2.27. The average Bonchev–Trinajstić information content (AvgIpc) is 3.36. The largest absolute Gasteiger partial charge is 0.388 e. The number of amides is 1. The van der Waals surface area contributed by atoms with Crippen molar-refractivity contribution in [3.8, 4) is 0 Å². The number of carbonyl (C=O) groups excluding carboxylic acids is 1. The van der Waals surface area contributed by atoms with Gasteiger partial charge in [0.05, 0.1) is 11.7 Å². The summed E-state index contributed by atoms with van der Waals surface area (Å²) in [5, 5.41) is 10.9. The molecule has 0 aliphatic heterocycles. The molecule has 2 aliphatic carbocycles. The number of anilines is 1. The van der Waals surface area contributed by atoms with Crippen LogP contribution in [0.4, 0.5) is 5.82 Å². The van der Waals surface area contributed by atoms with E-state index in [1.165, 1.54) is 0 Å². The number of pyridine rings is 1. The normalized spacial score (nSPS) is 23.5. The number of hydrogen-bond acceptors (Lipinski definition) is 4. The number of fused-ring (bicyclic) bond motifs is 1. The quantitative estimate of drug-likeness (QED) is 0.798. The molecule has 0 bridgehead atoms. The van der Waals surface area contributed by atoms with Gasteiger partial charge in [0.2, 0.25) is 0 Å². The molecule has 1 fully saturated rings. The van der Waals surface area contributed by atoms with Gasteiger partial charge in [0.1, 0.15) is 11.5 Å². The van der Waals surface area contributed by atoms with E-state index < -0.39 is 12.0 Å². The lowest BCUT2D eigenvalue weighted by molar-refractivity contribution is 0.100. The van der Waals surface area contributed by atoms with Crippen LogP contribution < -0.4 is 11.5 Å². The van der Waals surface area contributed by atoms with Crippen molar-refractivity contribution in [3.63, 3.8) is 0 Å². The Morgan fingerprint density at radius 2 is 2.12 bits per heavy atom. The average molecular weight is 338 g/mol. The molecule has 6 heteroatoms. The molecule has 130 valence electrons. The van der Waals surface area contributed by atoms with Gasteiger partial charge < -0.3 is 16.6 Å². The van der Waals surface area contributed by atoms with E-state index in [1.54, 1.807) is 10.6 Å². The molecule has 5 N–H and O–H groups in total. The molecule has 2 aliphatic rings. The molecule has 2 aromatic rings. The lowest BCUT2D eigenvalue weighted by atomic mass is 9.91. The van der Waals surface area contributed by atoms with Gasteiger partial charge in [0.15, 0.2) is 0 Å². The Kier molecular flexibility index (Phi) is 3.47. The summed E-state index contributed by atoms with van der Waals surface area (Å²) in [6, 6.07) is 1.99. The maximum absolute atomic E-state index is 12.1. The Bertz CT molecular complexity index is 950. The predicted octanol–water partition coefficient (Wildman–Crippen LogP) is 2.39. The number of aromatic nitrogens is 2. The molecule has 2 aromatic heterocycles. The second-order valence-electron chi connectivity index (χ2n) is 7.08. The summed E-state index contributed by atoms with van der Waals surface area (Å²) >= 11 is 0. The van der Waals surface area contributed by atoms with Crippen LogP contribution in [0.15, 0.2) is 30.0 Å². The minimum absolute atomic E-state index is 0.173. The number of nitrogens with two attached hydrogens (primary N) is 2. The summed E-state index contributed by atoms with van der Waals surface area (Å²) in [5.41, 5.74) is 15.8. The fourth-order valence-electron chi connectivity index (χ4n) is 3.74. The summed E-state index contributed by atoms with van der Waals surface area (Å²) in [5.74, 6) is 0.0653. The fourth-order valence-corrected chi connectivity index (χ4v) is 3.74. The molecule has 6 nitrogen and oxygen atoms in total. The van der Waals surface area contributed by atoms with Gasteiger partial charge in [-0.15, -0.1) is 0 Å². The van der Waals surface area contributed by atoms with E-state index in [0.29, 0.717) is 22.5 Å². The molecule has 2 atom stereocenters. The van der Waals surface area contributed by atoms with Crippen LogP contribution in [0, 0.1) is 5.92 Å². The topological polar surface area (TPSA) is 107 Å². The van der Waals surface area contributed by atoms with Crippen molar-refractivity contribution in [1.29, 1.82) is 0 Å². The summed E-state index contributed by atoms with van der Waals surface area (Å²) in [6.45, 7) is 3.89. The van der Waals surface area contributed by atoms with Crippen molar-refractivity contribution in [2.75, 3.05) is 5.73 Å². The SMILES string of the molecule is CC1=C(n2c(N)c(C(N)=O)c3cc(C4CC4)cnc32)[C@H](C)[C@H](O)C=C1. The van der Waals surface area contributed by atoms with E-state index in [9.17, 15) is 9.90 Å². The van der Waals surface area contributed by atoms with Gasteiger partial charge in [0, 0.05) is 23.2 Å². The van der Waals surface area contributed by atoms with E-state index in [2.05, 4.69) is 4.98 Å². The zero-order valence-corrected chi connectivity index (χ0v) is 14.4. The van der Waals surface area contributed by atoms with Gasteiger partial charge in [0.25, 0.3) is 5.91 Å². The fraction of sp³-hybridized carbons (Fsp3) is 0.368. The number of allylic oxidation sites excluding steroid dienone is 2. The minimum atomic E-state index is -0.613. The summed E-state index contributed by atoms with van der Waals surface area (Å²) in [4.78, 5) is 16.7. The Balaban J connectivity index is 2.03. The number of nitrogen functional groups attached to an aromatic ring is 1. The number of hydrogen-bond donors (Lipinski definition) is 3. The Morgan fingerprint density at radius 1 is 1.40 bits per heavy atom. The van der Waals surface area contributed by atoms with Crippen molar-refractivity contribution in [1.82, 2.24) is 9.55 Å². The van der Waals surface area contributed by atoms with Crippen molar-refractivity contribution < 1.29 is 9.90 Å². The van der Waals surface area contributed by atoms with Gasteiger partial charge in [-0.05, 0) is 42.9 Å². The molecule has 0 saturated heterocycles. The maximum atomic E-state index is 12.1. The van der Waals surface area contributed by atoms with E-state index >= 15 is 0 Å². The number of primary amides is 1. The van der Waals surface area contributed by atoms with Crippen molar-refractivity contribution in [3.05, 3.63) is 41.1 Å². The van der Waals surface area contributed by atoms with E-state index in [0.717, 1.165) is 29.7 Å². The highest BCUT2D eigenvalue weighted by molar-refractivity contribution is 6.11. The first-order chi connectivity index (χ1) is 11.9. The van der Waals surface area contributed by atoms with Crippen LogP contribution in [0.1, 0.15) is 48.5 Å². The lowest BCUT2D eigenvalue weighted by Crippen LogP contribution is -2.24. The molecule has 0 unspecified atom stereocenters. The number of carbonyl (C=O) groups is 1. The van der Waals surface area contributed by atoms with Crippen LogP contribution in [-0.2, 0) is 0 Å². The molecule has 2 heterocycles. The minimum Gasteiger partial charge on any atom is -0.388 e. The van der Waals surface area contributed by atoms with Crippen molar-refractivity contribution in [2.24, 2.45) is 11.7 Å². The second kappa shape index (κ2) is 5.46. The highest BCUT2D eigenvalue weighted by Crippen LogP contribution is 2.42. The maximum Gasteiger partial charge on any atom is 0.253 e. The number of aliphatic hydroxyl groups is 1. The predicted molar refractivity (Wildman–Crippen MR) is 97.8 cm³/mol. The third-order valence-corrected chi connectivity index (χ3v) is 5.29. The van der Waals surface area contributed by atoms with Gasteiger partial charge in [-0.1, -0.05) is 19.1 Å². The molecule has 1 saturated carbocycles. The van der Waals surface area contributed by atoms with Crippen LogP contribution in [0.25, 0.3) is 16.7 Å². The molecular formula is C19H22N4O2. The van der Waals surface area contributed by atoms with Gasteiger partial charge >= 0.3 is 0 Å². The summed E-state index contributed by atoms with van der Waals surface area (Å²) < 4.78 is 1.78. The summed E-state index contributed by atoms with van der Waals surface area (Å²) in [6.07, 6.45) is 7.17. The molecule has 4 rings (SSSR count). The van der Waals surface area contributed by atoms with Crippen LogP contribution in [0.2, 0.25) is 0 Å². The smallest absolute Gasteiger partial charge is 0.253 e. The van der Waals surface area contributed by atoms with Crippen molar-refractivity contribution in [2.45, 2.75) is 38.7 Å². The third kappa shape index (κ3) is 2.36.